The molecule has 0 radical (unpaired) electrons. The number of Topliss-reactive ketones (excluding diaryl/α,β-unsaturated/α-hetero) is 1. The lowest BCUT2D eigenvalue weighted by molar-refractivity contribution is -0.154. The van der Waals surface area contributed by atoms with Crippen molar-refractivity contribution in [3.05, 3.63) is 95.7 Å². The van der Waals surface area contributed by atoms with Gasteiger partial charge in [0.1, 0.15) is 24.2 Å². The number of ether oxygens (including phenoxy) is 1. The number of benzene rings is 2. The summed E-state index contributed by atoms with van der Waals surface area (Å²) in [7, 11) is 1.21. The SMILES string of the molecule is C=CC1=C(C(=O)OC(c2ccccc2)c2ccccc2)N2C(=O)C(NC(=O)C(=NOC)C(=O)CBr)[C@@H]2SC1. The average molecular weight is 598 g/mol. The molecule has 1 N–H and O–H groups in total. The van der Waals surface area contributed by atoms with Crippen molar-refractivity contribution < 1.29 is 28.8 Å². The zero-order valence-corrected chi connectivity index (χ0v) is 22.7. The number of ketones is 1. The van der Waals surface area contributed by atoms with Crippen molar-refractivity contribution in [2.45, 2.75) is 17.5 Å². The molecule has 2 atom stereocenters. The first-order valence-corrected chi connectivity index (χ1v) is 13.7. The van der Waals surface area contributed by atoms with Crippen molar-refractivity contribution >= 4 is 57.0 Å². The average Bonchev–Trinajstić information content (AvgIpc) is 2.96. The van der Waals surface area contributed by atoms with Crippen LogP contribution in [0.2, 0.25) is 0 Å². The molecule has 2 aromatic rings. The van der Waals surface area contributed by atoms with E-state index in [1.807, 2.05) is 60.7 Å². The van der Waals surface area contributed by atoms with Gasteiger partial charge in [-0.3, -0.25) is 19.3 Å². The summed E-state index contributed by atoms with van der Waals surface area (Å²) in [6, 6.07) is 17.6. The Morgan fingerprint density at radius 1 is 1.16 bits per heavy atom. The summed E-state index contributed by atoms with van der Waals surface area (Å²) in [6.07, 6.45) is 0.822. The normalized spacial score (nSPS) is 18.9. The third-order valence-corrected chi connectivity index (χ3v) is 7.75. The number of halogens is 1. The van der Waals surface area contributed by atoms with E-state index in [1.54, 1.807) is 0 Å². The monoisotopic (exact) mass is 597 g/mol. The summed E-state index contributed by atoms with van der Waals surface area (Å²) in [5.74, 6) is -2.27. The predicted molar refractivity (Wildman–Crippen MR) is 146 cm³/mol. The van der Waals surface area contributed by atoms with Gasteiger partial charge in [-0.25, -0.2) is 4.79 Å². The molecule has 9 nitrogen and oxygen atoms in total. The lowest BCUT2D eigenvalue weighted by Crippen LogP contribution is -2.71. The van der Waals surface area contributed by atoms with Crippen LogP contribution >= 0.6 is 27.7 Å². The number of amides is 2. The smallest absolute Gasteiger partial charge is 0.356 e. The van der Waals surface area contributed by atoms with E-state index in [1.165, 1.54) is 29.8 Å². The second-order valence-electron chi connectivity index (χ2n) is 8.22. The molecule has 2 aromatic carbocycles. The number of carbonyl (C=O) groups excluding carboxylic acids is 4. The lowest BCUT2D eigenvalue weighted by Gasteiger charge is -2.49. The van der Waals surface area contributed by atoms with Crippen LogP contribution in [0.15, 0.2) is 89.7 Å². The molecule has 0 bridgehead atoms. The minimum atomic E-state index is -0.967. The number of fused-ring (bicyclic) bond motifs is 1. The Kier molecular flexibility index (Phi) is 8.80. The molecule has 1 unspecified atom stereocenters. The van der Waals surface area contributed by atoms with Gasteiger partial charge in [0.25, 0.3) is 11.8 Å². The number of alkyl halides is 1. The molecule has 2 aliphatic heterocycles. The molecular weight excluding hydrogens is 574 g/mol. The van der Waals surface area contributed by atoms with Crippen LogP contribution in [0.1, 0.15) is 17.2 Å². The summed E-state index contributed by atoms with van der Waals surface area (Å²) in [4.78, 5) is 57.5. The molecular formula is C27H24BrN3O6S. The quantitative estimate of drug-likeness (QED) is 0.112. The summed E-state index contributed by atoms with van der Waals surface area (Å²) in [5, 5.41) is 5.32. The fourth-order valence-electron chi connectivity index (χ4n) is 4.12. The Morgan fingerprint density at radius 2 is 1.76 bits per heavy atom. The lowest BCUT2D eigenvalue weighted by atomic mass is 10.0. The van der Waals surface area contributed by atoms with E-state index < -0.39 is 46.8 Å². The van der Waals surface area contributed by atoms with Crippen molar-refractivity contribution in [2.75, 3.05) is 18.2 Å². The number of thioether (sulfide) groups is 1. The van der Waals surface area contributed by atoms with Crippen molar-refractivity contribution in [3.8, 4) is 0 Å². The fraction of sp³-hybridized carbons (Fsp3) is 0.222. The molecule has 2 amide bonds. The highest BCUT2D eigenvalue weighted by Gasteiger charge is 2.54. The minimum absolute atomic E-state index is 0.0819. The van der Waals surface area contributed by atoms with E-state index in [0.29, 0.717) is 11.3 Å². The van der Waals surface area contributed by atoms with Gasteiger partial charge in [0, 0.05) is 5.75 Å². The van der Waals surface area contributed by atoms with Crippen molar-refractivity contribution in [1.29, 1.82) is 0 Å². The van der Waals surface area contributed by atoms with Gasteiger partial charge in [-0.15, -0.1) is 11.8 Å². The first-order chi connectivity index (χ1) is 18.4. The molecule has 0 saturated carbocycles. The van der Waals surface area contributed by atoms with Crippen molar-refractivity contribution in [3.63, 3.8) is 0 Å². The molecule has 1 fully saturated rings. The number of rotatable bonds is 10. The molecule has 2 aliphatic rings. The molecule has 2 heterocycles. The van der Waals surface area contributed by atoms with Crippen molar-refractivity contribution in [2.24, 2.45) is 5.16 Å². The predicted octanol–water partition coefficient (Wildman–Crippen LogP) is 3.13. The summed E-state index contributed by atoms with van der Waals surface area (Å²) in [5.41, 5.74) is 1.71. The number of hydrogen-bond acceptors (Lipinski definition) is 8. The van der Waals surface area contributed by atoms with Crippen molar-refractivity contribution in [1.82, 2.24) is 10.2 Å². The molecule has 1 saturated heterocycles. The van der Waals surface area contributed by atoms with Gasteiger partial charge < -0.3 is 14.9 Å². The third kappa shape index (κ3) is 5.44. The van der Waals surface area contributed by atoms with E-state index in [-0.39, 0.29) is 11.0 Å². The highest BCUT2D eigenvalue weighted by atomic mass is 79.9. The van der Waals surface area contributed by atoms with Gasteiger partial charge in [0.15, 0.2) is 6.10 Å². The van der Waals surface area contributed by atoms with Gasteiger partial charge in [0.2, 0.25) is 11.5 Å². The van der Waals surface area contributed by atoms with Crippen LogP contribution in [0.25, 0.3) is 0 Å². The van der Waals surface area contributed by atoms with E-state index >= 15 is 0 Å². The molecule has 196 valence electrons. The van der Waals surface area contributed by atoms with E-state index in [0.717, 1.165) is 11.1 Å². The number of oxime groups is 1. The highest BCUT2D eigenvalue weighted by molar-refractivity contribution is 9.09. The van der Waals surface area contributed by atoms with Crippen LogP contribution in [0.5, 0.6) is 0 Å². The van der Waals surface area contributed by atoms with Crippen LogP contribution < -0.4 is 5.32 Å². The summed E-state index contributed by atoms with van der Waals surface area (Å²) < 4.78 is 6.01. The summed E-state index contributed by atoms with van der Waals surface area (Å²) in [6.45, 7) is 3.80. The van der Waals surface area contributed by atoms with E-state index in [2.05, 4.69) is 37.8 Å². The molecule has 4 rings (SSSR count). The van der Waals surface area contributed by atoms with Crippen LogP contribution in [-0.2, 0) is 28.8 Å². The second kappa shape index (κ2) is 12.2. The van der Waals surface area contributed by atoms with Gasteiger partial charge in [-0.05, 0) is 16.7 Å². The number of carbonyl (C=O) groups is 4. The maximum absolute atomic E-state index is 13.6. The Morgan fingerprint density at radius 3 is 2.29 bits per heavy atom. The van der Waals surface area contributed by atoms with Gasteiger partial charge in [-0.2, -0.15) is 0 Å². The molecule has 0 aliphatic carbocycles. The number of hydrogen-bond donors (Lipinski definition) is 1. The number of nitrogens with one attached hydrogen (secondary N) is 1. The topological polar surface area (TPSA) is 114 Å². The Balaban J connectivity index is 1.58. The Bertz CT molecular complexity index is 1280. The standard InChI is InChI=1S/C27H24BrN3O6S/c1-3-16-15-38-26-21(29-24(33)20(30-36-2)19(32)14-28)25(34)31(26)22(16)27(35)37-23(17-10-6-4-7-11-17)18-12-8-5-9-13-18/h3-13,21,23,26H,1,14-15H2,2H3,(H,29,33)/t21?,26-/m0/s1. The number of esters is 1. The van der Waals surface area contributed by atoms with E-state index in [4.69, 9.17) is 4.74 Å². The highest BCUT2D eigenvalue weighted by Crippen LogP contribution is 2.41. The Hall–Kier alpha value is -3.70. The first kappa shape index (κ1) is 27.3. The number of β-lactam (4-membered cyclic amide) rings is 1. The van der Waals surface area contributed by atoms with Gasteiger partial charge in [-0.1, -0.05) is 94.4 Å². The molecule has 0 aromatic heterocycles. The maximum Gasteiger partial charge on any atom is 0.356 e. The first-order valence-electron chi connectivity index (χ1n) is 11.5. The Labute approximate surface area is 232 Å². The zero-order valence-electron chi connectivity index (χ0n) is 20.3. The van der Waals surface area contributed by atoms with Gasteiger partial charge >= 0.3 is 5.97 Å². The van der Waals surface area contributed by atoms with Crippen LogP contribution in [0.4, 0.5) is 0 Å². The second-order valence-corrected chi connectivity index (χ2v) is 9.89. The third-order valence-electron chi connectivity index (χ3n) is 5.94. The zero-order chi connectivity index (χ0) is 27.2. The van der Waals surface area contributed by atoms with Crippen LogP contribution in [0.3, 0.4) is 0 Å². The largest absolute Gasteiger partial charge is 0.448 e. The molecule has 0 spiro atoms. The minimum Gasteiger partial charge on any atom is -0.448 e. The van der Waals surface area contributed by atoms with E-state index in [9.17, 15) is 19.2 Å². The fourth-order valence-corrected chi connectivity index (χ4v) is 5.72. The maximum atomic E-state index is 13.6. The van der Waals surface area contributed by atoms with Gasteiger partial charge in [0.05, 0.1) is 5.33 Å². The summed E-state index contributed by atoms with van der Waals surface area (Å²) >= 11 is 4.36. The number of nitrogens with zero attached hydrogens (tertiary/aromatic N) is 2. The molecule has 38 heavy (non-hydrogen) atoms. The molecule has 11 heteroatoms. The van der Waals surface area contributed by atoms with Crippen LogP contribution in [0, 0.1) is 0 Å². The number of allylic oxidation sites excluding steroid dienone is 1. The van der Waals surface area contributed by atoms with Crippen LogP contribution in [-0.4, -0.2) is 63.8 Å².